The van der Waals surface area contributed by atoms with Crippen molar-refractivity contribution in [3.8, 4) is 0 Å². The van der Waals surface area contributed by atoms with E-state index < -0.39 is 0 Å². The van der Waals surface area contributed by atoms with Crippen molar-refractivity contribution in [1.82, 2.24) is 4.40 Å². The Morgan fingerprint density at radius 2 is 1.47 bits per heavy atom. The fourth-order valence-corrected chi connectivity index (χ4v) is 5.96. The molecule has 34 heavy (non-hydrogen) atoms. The van der Waals surface area contributed by atoms with Crippen molar-refractivity contribution in [3.05, 3.63) is 96.6 Å². The van der Waals surface area contributed by atoms with Gasteiger partial charge in [-0.1, -0.05) is 54.6 Å². The minimum atomic E-state index is 0.930. The number of para-hydroxylation sites is 2. The predicted molar refractivity (Wildman–Crippen MR) is 141 cm³/mol. The molecular formula is C31H21N2O+. The van der Waals surface area contributed by atoms with Crippen LogP contribution >= 0.6 is 0 Å². The maximum Gasteiger partial charge on any atom is 0.295 e. The van der Waals surface area contributed by atoms with Crippen molar-refractivity contribution < 1.29 is 8.98 Å². The Balaban J connectivity index is 1.73. The number of nitrogens with zero attached hydrogens (tertiary/aromatic N) is 2. The lowest BCUT2D eigenvalue weighted by molar-refractivity contribution is -0.617. The van der Waals surface area contributed by atoms with Gasteiger partial charge >= 0.3 is 0 Å². The van der Waals surface area contributed by atoms with Gasteiger partial charge in [0.2, 0.25) is 0 Å². The predicted octanol–water partition coefficient (Wildman–Crippen LogP) is 7.58. The van der Waals surface area contributed by atoms with E-state index >= 15 is 0 Å². The van der Waals surface area contributed by atoms with Crippen molar-refractivity contribution in [3.63, 3.8) is 0 Å². The lowest BCUT2D eigenvalue weighted by atomic mass is 10.00. The molecule has 0 radical (unpaired) electrons. The number of benzene rings is 5. The second-order valence-corrected chi connectivity index (χ2v) is 9.34. The molecule has 0 bridgehead atoms. The van der Waals surface area contributed by atoms with Gasteiger partial charge in [-0.15, -0.1) is 0 Å². The number of hydrogen-bond donors (Lipinski definition) is 0. The molecule has 0 saturated carbocycles. The molecule has 3 aromatic heterocycles. The van der Waals surface area contributed by atoms with Crippen LogP contribution in [-0.4, -0.2) is 4.40 Å². The van der Waals surface area contributed by atoms with Crippen LogP contribution in [0.1, 0.15) is 5.56 Å². The molecule has 0 atom stereocenters. The number of imidazole rings is 1. The molecule has 0 unspecified atom stereocenters. The number of hydrogen-bond acceptors (Lipinski definition) is 1. The molecule has 0 aliphatic rings. The van der Waals surface area contributed by atoms with E-state index in [1.165, 1.54) is 49.2 Å². The lowest BCUT2D eigenvalue weighted by Crippen LogP contribution is -2.27. The van der Waals surface area contributed by atoms with Crippen molar-refractivity contribution in [1.29, 1.82) is 0 Å². The molecular weight excluding hydrogens is 416 g/mol. The molecule has 5 aromatic carbocycles. The van der Waals surface area contributed by atoms with Crippen LogP contribution in [0.3, 0.4) is 0 Å². The van der Waals surface area contributed by atoms with Gasteiger partial charge in [-0.2, -0.15) is 4.40 Å². The van der Waals surface area contributed by atoms with Crippen LogP contribution in [0.25, 0.3) is 71.1 Å². The Bertz CT molecular complexity index is 2140. The molecule has 0 aliphatic heterocycles. The SMILES string of the molecule is Cc1cccc2c3ccc4c5cc6ccccc6cc5oc4c3n3c4ccccc4[n+](C)c3c12. The molecule has 0 N–H and O–H groups in total. The molecule has 160 valence electrons. The van der Waals surface area contributed by atoms with E-state index in [1.54, 1.807) is 0 Å². The summed E-state index contributed by atoms with van der Waals surface area (Å²) in [6.45, 7) is 2.21. The van der Waals surface area contributed by atoms with Gasteiger partial charge in [0.15, 0.2) is 22.1 Å². The van der Waals surface area contributed by atoms with E-state index in [9.17, 15) is 0 Å². The highest BCUT2D eigenvalue weighted by Crippen LogP contribution is 2.40. The van der Waals surface area contributed by atoms with Gasteiger partial charge in [0.1, 0.15) is 5.58 Å². The van der Waals surface area contributed by atoms with Crippen LogP contribution in [0, 0.1) is 6.92 Å². The van der Waals surface area contributed by atoms with E-state index in [2.05, 4.69) is 114 Å². The summed E-state index contributed by atoms with van der Waals surface area (Å²) < 4.78 is 11.4. The first-order valence-electron chi connectivity index (χ1n) is 11.7. The van der Waals surface area contributed by atoms with Crippen molar-refractivity contribution in [2.45, 2.75) is 6.92 Å². The smallest absolute Gasteiger partial charge is 0.295 e. The number of aryl methyl sites for hydroxylation is 2. The van der Waals surface area contributed by atoms with E-state index in [-0.39, 0.29) is 0 Å². The molecule has 0 saturated heterocycles. The zero-order chi connectivity index (χ0) is 22.6. The quantitative estimate of drug-likeness (QED) is 0.177. The van der Waals surface area contributed by atoms with Gasteiger partial charge in [0, 0.05) is 21.5 Å². The monoisotopic (exact) mass is 437 g/mol. The number of rotatable bonds is 0. The molecule has 0 aliphatic carbocycles. The van der Waals surface area contributed by atoms with Crippen LogP contribution in [0.5, 0.6) is 0 Å². The van der Waals surface area contributed by atoms with Crippen molar-refractivity contribution >= 4 is 71.1 Å². The van der Waals surface area contributed by atoms with E-state index in [0.29, 0.717) is 0 Å². The first-order chi connectivity index (χ1) is 16.7. The zero-order valence-electron chi connectivity index (χ0n) is 19.0. The molecule has 0 spiro atoms. The summed E-state index contributed by atoms with van der Waals surface area (Å²) in [5.41, 5.74) is 7.87. The second kappa shape index (κ2) is 6.15. The standard InChI is InChI=1S/C31H21N2O/c1-18-8-7-11-21-22-14-15-23-24-16-19-9-3-4-10-20(19)17-27(24)34-30(23)29(22)33-26-13-6-5-12-25(26)32(2)31(33)28(18)21/h3-17H,1-2H3/q+1. The Labute approximate surface area is 195 Å². The summed E-state index contributed by atoms with van der Waals surface area (Å²) in [6.07, 6.45) is 0. The second-order valence-electron chi connectivity index (χ2n) is 9.34. The van der Waals surface area contributed by atoms with E-state index in [1.807, 2.05) is 0 Å². The van der Waals surface area contributed by atoms with Gasteiger partial charge in [0.05, 0.1) is 12.4 Å². The highest BCUT2D eigenvalue weighted by Gasteiger charge is 2.26. The first kappa shape index (κ1) is 18.1. The Hall–Kier alpha value is -4.37. The fourth-order valence-electron chi connectivity index (χ4n) is 5.96. The minimum Gasteiger partial charge on any atom is -0.452 e. The highest BCUT2D eigenvalue weighted by atomic mass is 16.3. The average Bonchev–Trinajstić information content (AvgIpc) is 3.37. The van der Waals surface area contributed by atoms with Crippen molar-refractivity contribution in [2.75, 3.05) is 0 Å². The molecule has 8 rings (SSSR count). The molecule has 0 amide bonds. The first-order valence-corrected chi connectivity index (χ1v) is 11.7. The Morgan fingerprint density at radius 1 is 0.706 bits per heavy atom. The zero-order valence-corrected chi connectivity index (χ0v) is 19.0. The van der Waals surface area contributed by atoms with Crippen LogP contribution in [-0.2, 0) is 7.05 Å². The van der Waals surface area contributed by atoms with Gasteiger partial charge in [0.25, 0.3) is 5.65 Å². The normalized spacial score (nSPS) is 12.4. The van der Waals surface area contributed by atoms with Crippen LogP contribution in [0.4, 0.5) is 0 Å². The number of aromatic nitrogens is 2. The summed E-state index contributed by atoms with van der Waals surface area (Å²) in [5, 5.41) is 8.50. The number of pyridine rings is 1. The number of fused-ring (bicyclic) bond motifs is 13. The van der Waals surface area contributed by atoms with Gasteiger partial charge in [-0.25, -0.2) is 4.57 Å². The third-order valence-corrected chi connectivity index (χ3v) is 7.51. The van der Waals surface area contributed by atoms with Gasteiger partial charge in [-0.05, 0) is 59.7 Å². The molecule has 3 heterocycles. The van der Waals surface area contributed by atoms with E-state index in [4.69, 9.17) is 4.42 Å². The maximum absolute atomic E-state index is 6.69. The molecule has 3 nitrogen and oxygen atoms in total. The third-order valence-electron chi connectivity index (χ3n) is 7.51. The van der Waals surface area contributed by atoms with Crippen LogP contribution in [0.15, 0.2) is 95.4 Å². The van der Waals surface area contributed by atoms with Crippen molar-refractivity contribution in [2.24, 2.45) is 7.05 Å². The molecule has 3 heteroatoms. The summed E-state index contributed by atoms with van der Waals surface area (Å²) in [7, 11) is 2.17. The van der Waals surface area contributed by atoms with Crippen LogP contribution < -0.4 is 4.57 Å². The number of furan rings is 1. The summed E-state index contributed by atoms with van der Waals surface area (Å²) in [5.74, 6) is 0. The minimum absolute atomic E-state index is 0.930. The maximum atomic E-state index is 6.69. The largest absolute Gasteiger partial charge is 0.452 e. The fraction of sp³-hybridized carbons (Fsp3) is 0.0645. The summed E-state index contributed by atoms with van der Waals surface area (Å²) in [6, 6.07) is 32.7. The van der Waals surface area contributed by atoms with E-state index in [0.717, 1.165) is 27.5 Å². The average molecular weight is 438 g/mol. The molecule has 0 fully saturated rings. The van der Waals surface area contributed by atoms with Gasteiger partial charge < -0.3 is 4.42 Å². The summed E-state index contributed by atoms with van der Waals surface area (Å²) in [4.78, 5) is 0. The van der Waals surface area contributed by atoms with Gasteiger partial charge in [-0.3, -0.25) is 0 Å². The summed E-state index contributed by atoms with van der Waals surface area (Å²) >= 11 is 0. The highest BCUT2D eigenvalue weighted by molar-refractivity contribution is 6.23. The Morgan fingerprint density at radius 3 is 2.35 bits per heavy atom. The topological polar surface area (TPSA) is 21.4 Å². The molecule has 8 aromatic rings. The van der Waals surface area contributed by atoms with Crippen LogP contribution in [0.2, 0.25) is 0 Å². The third kappa shape index (κ3) is 2.10. The lowest BCUT2D eigenvalue weighted by Gasteiger charge is -2.07. The Kier molecular flexibility index (Phi) is 3.27.